The molecule has 2 atom stereocenters. The van der Waals surface area contributed by atoms with Crippen molar-refractivity contribution in [2.24, 2.45) is 0 Å². The number of nitrogens with zero attached hydrogens (tertiary/aromatic N) is 5. The number of ether oxygens (including phenoxy) is 2. The fourth-order valence-electron chi connectivity index (χ4n) is 4.26. The minimum absolute atomic E-state index is 0.144. The summed E-state index contributed by atoms with van der Waals surface area (Å²) in [5, 5.41) is 5.05. The Kier molecular flexibility index (Phi) is 4.82. The number of methoxy groups -OCH3 is 1. The van der Waals surface area contributed by atoms with Crippen molar-refractivity contribution in [2.45, 2.75) is 32.6 Å². The van der Waals surface area contributed by atoms with E-state index < -0.39 is 0 Å². The lowest BCUT2D eigenvalue weighted by Gasteiger charge is -2.36. The fourth-order valence-corrected chi connectivity index (χ4v) is 4.26. The van der Waals surface area contributed by atoms with Crippen LogP contribution in [0.4, 0.5) is 5.69 Å². The lowest BCUT2D eigenvalue weighted by molar-refractivity contribution is -0.345. The molecular formula is C22H25N6O3+. The van der Waals surface area contributed by atoms with Crippen LogP contribution < -0.4 is 20.3 Å². The van der Waals surface area contributed by atoms with E-state index in [4.69, 9.17) is 14.5 Å². The number of hydrogen-bond acceptors (Lipinski definition) is 6. The van der Waals surface area contributed by atoms with E-state index in [1.807, 2.05) is 30.5 Å². The summed E-state index contributed by atoms with van der Waals surface area (Å²) in [4.78, 5) is 23.2. The molecule has 0 spiro atoms. The molecule has 0 amide bonds. The third kappa shape index (κ3) is 3.50. The lowest BCUT2D eigenvalue weighted by atomic mass is 10.2. The van der Waals surface area contributed by atoms with Crippen molar-refractivity contribution in [3.05, 3.63) is 58.9 Å². The van der Waals surface area contributed by atoms with Crippen LogP contribution in [-0.4, -0.2) is 51.6 Å². The minimum Gasteiger partial charge on any atom is -0.497 e. The van der Waals surface area contributed by atoms with Crippen LogP contribution in [-0.2, 0) is 11.3 Å². The van der Waals surface area contributed by atoms with E-state index in [-0.39, 0.29) is 17.9 Å². The molecule has 4 heterocycles. The van der Waals surface area contributed by atoms with E-state index in [2.05, 4.69) is 34.9 Å². The molecule has 0 radical (unpaired) electrons. The highest BCUT2D eigenvalue weighted by molar-refractivity contribution is 5.89. The van der Waals surface area contributed by atoms with Crippen molar-refractivity contribution in [1.29, 1.82) is 0 Å². The van der Waals surface area contributed by atoms with Gasteiger partial charge in [-0.2, -0.15) is 0 Å². The predicted octanol–water partition coefficient (Wildman–Crippen LogP) is 1.53. The van der Waals surface area contributed by atoms with Gasteiger partial charge >= 0.3 is 5.69 Å². The Labute approximate surface area is 178 Å². The topological polar surface area (TPSA) is 88.0 Å². The highest BCUT2D eigenvalue weighted by Gasteiger charge is 2.25. The number of fused-ring (bicyclic) bond motifs is 3. The molecule has 0 saturated carbocycles. The summed E-state index contributed by atoms with van der Waals surface area (Å²) in [6.45, 7) is 6.12. The number of nitrogens with one attached hydrogen (secondary N) is 1. The molecule has 1 fully saturated rings. The van der Waals surface area contributed by atoms with Gasteiger partial charge in [0.25, 0.3) is 12.0 Å². The molecule has 5 rings (SSSR count). The number of H-pyrrole nitrogens is 1. The number of anilines is 1. The van der Waals surface area contributed by atoms with Crippen LogP contribution in [0.3, 0.4) is 0 Å². The summed E-state index contributed by atoms with van der Waals surface area (Å²) in [5.41, 5.74) is 2.98. The summed E-state index contributed by atoms with van der Waals surface area (Å²) in [6.07, 6.45) is 3.65. The van der Waals surface area contributed by atoms with Gasteiger partial charge in [-0.25, -0.2) is 14.8 Å². The summed E-state index contributed by atoms with van der Waals surface area (Å²) >= 11 is 0. The first kappa shape index (κ1) is 19.5. The molecule has 31 heavy (non-hydrogen) atoms. The van der Waals surface area contributed by atoms with E-state index >= 15 is 0 Å². The highest BCUT2D eigenvalue weighted by atomic mass is 16.5. The summed E-state index contributed by atoms with van der Waals surface area (Å²) in [6, 6.07) is 9.73. The second-order valence-corrected chi connectivity index (χ2v) is 7.99. The summed E-state index contributed by atoms with van der Waals surface area (Å²) < 4.78 is 14.1. The lowest BCUT2D eigenvalue weighted by Crippen LogP contribution is -2.45. The van der Waals surface area contributed by atoms with Crippen molar-refractivity contribution in [3.63, 3.8) is 0 Å². The Morgan fingerprint density at radius 2 is 1.94 bits per heavy atom. The Hall–Kier alpha value is -3.46. The minimum atomic E-state index is -0.242. The zero-order chi connectivity index (χ0) is 21.5. The van der Waals surface area contributed by atoms with Gasteiger partial charge in [-0.15, -0.1) is 0 Å². The number of hydrogen-bond donors (Lipinski definition) is 0. The number of benzene rings is 1. The van der Waals surface area contributed by atoms with Crippen molar-refractivity contribution in [2.75, 3.05) is 25.1 Å². The molecule has 1 aliphatic rings. The third-order valence-corrected chi connectivity index (χ3v) is 5.65. The van der Waals surface area contributed by atoms with E-state index in [9.17, 15) is 4.79 Å². The van der Waals surface area contributed by atoms with E-state index in [1.165, 1.54) is 10.8 Å². The van der Waals surface area contributed by atoms with Crippen LogP contribution in [0.5, 0.6) is 5.75 Å². The van der Waals surface area contributed by atoms with Gasteiger partial charge in [0.1, 0.15) is 5.75 Å². The smallest absolute Gasteiger partial charge is 0.425 e. The van der Waals surface area contributed by atoms with Gasteiger partial charge in [-0.05, 0) is 42.1 Å². The maximum Gasteiger partial charge on any atom is 0.425 e. The summed E-state index contributed by atoms with van der Waals surface area (Å²) in [7, 11) is 1.63. The van der Waals surface area contributed by atoms with Crippen LogP contribution in [0.2, 0.25) is 0 Å². The first-order valence-electron chi connectivity index (χ1n) is 10.3. The molecule has 160 valence electrons. The van der Waals surface area contributed by atoms with Gasteiger partial charge in [0.15, 0.2) is 5.65 Å². The SMILES string of the molecule is COc1ccc(Cn2c(=O)n3nc[nH+]c3c3cc(N4C[C@@H](C)O[C@@H](C)C4)cnc32)cc1. The monoisotopic (exact) mass is 421 g/mol. The standard InChI is InChI=1S/C22H24N6O3/c1-14-10-26(11-15(2)31-14)17-8-19-20(23-9-17)27(22(29)28-21(19)24-13-25-28)12-16-4-6-18(30-3)7-5-16/h4-9,13-15H,10-12H2,1-3H3/p+1/t14-,15+. The van der Waals surface area contributed by atoms with Crippen LogP contribution in [0.1, 0.15) is 19.4 Å². The molecule has 1 N–H and O–H groups in total. The average Bonchev–Trinajstić information content (AvgIpc) is 3.26. The van der Waals surface area contributed by atoms with Gasteiger partial charge in [0.05, 0.1) is 43.1 Å². The van der Waals surface area contributed by atoms with Gasteiger partial charge in [0.2, 0.25) is 0 Å². The quantitative estimate of drug-likeness (QED) is 0.497. The van der Waals surface area contributed by atoms with Gasteiger partial charge in [0, 0.05) is 18.2 Å². The molecule has 0 unspecified atom stereocenters. The normalized spacial score (nSPS) is 19.3. The largest absolute Gasteiger partial charge is 0.497 e. The van der Waals surface area contributed by atoms with Crippen molar-refractivity contribution < 1.29 is 14.5 Å². The van der Waals surface area contributed by atoms with Crippen molar-refractivity contribution >= 4 is 22.4 Å². The molecule has 0 aliphatic carbocycles. The summed E-state index contributed by atoms with van der Waals surface area (Å²) in [5.74, 6) is 0.773. The molecule has 1 aliphatic heterocycles. The molecular weight excluding hydrogens is 396 g/mol. The Morgan fingerprint density at radius 1 is 1.19 bits per heavy atom. The Morgan fingerprint density at radius 3 is 2.65 bits per heavy atom. The number of rotatable bonds is 4. The van der Waals surface area contributed by atoms with Gasteiger partial charge < -0.3 is 14.4 Å². The van der Waals surface area contributed by atoms with Crippen molar-refractivity contribution in [1.82, 2.24) is 19.2 Å². The highest BCUT2D eigenvalue weighted by Crippen LogP contribution is 2.24. The molecule has 9 nitrogen and oxygen atoms in total. The first-order valence-corrected chi connectivity index (χ1v) is 10.3. The second-order valence-electron chi connectivity index (χ2n) is 7.99. The predicted molar refractivity (Wildman–Crippen MR) is 116 cm³/mol. The van der Waals surface area contributed by atoms with Crippen LogP contribution in [0.15, 0.2) is 47.7 Å². The maximum atomic E-state index is 13.2. The molecule has 1 saturated heterocycles. The average molecular weight is 421 g/mol. The maximum absolute atomic E-state index is 13.2. The zero-order valence-corrected chi connectivity index (χ0v) is 17.8. The number of aromatic amines is 1. The molecule has 9 heteroatoms. The number of pyridine rings is 1. The second kappa shape index (κ2) is 7.66. The van der Waals surface area contributed by atoms with Crippen molar-refractivity contribution in [3.8, 4) is 5.75 Å². The van der Waals surface area contributed by atoms with E-state index in [0.29, 0.717) is 17.8 Å². The Bertz CT molecular complexity index is 1290. The Balaban J connectivity index is 1.63. The van der Waals surface area contributed by atoms with E-state index in [0.717, 1.165) is 35.5 Å². The van der Waals surface area contributed by atoms with Crippen LogP contribution in [0, 0.1) is 0 Å². The van der Waals surface area contributed by atoms with Crippen LogP contribution >= 0.6 is 0 Å². The first-order chi connectivity index (χ1) is 15.0. The molecule has 4 aromatic rings. The number of morpholine rings is 1. The molecule has 1 aromatic carbocycles. The van der Waals surface area contributed by atoms with E-state index in [1.54, 1.807) is 11.7 Å². The molecule has 0 bridgehead atoms. The van der Waals surface area contributed by atoms with Gasteiger partial charge in [-0.3, -0.25) is 4.57 Å². The fraction of sp³-hybridized carbons (Fsp3) is 0.364. The van der Waals surface area contributed by atoms with Gasteiger partial charge in [-0.1, -0.05) is 12.1 Å². The van der Waals surface area contributed by atoms with Crippen LogP contribution in [0.25, 0.3) is 16.7 Å². The molecule has 3 aromatic heterocycles. The zero-order valence-electron chi connectivity index (χ0n) is 17.8. The third-order valence-electron chi connectivity index (χ3n) is 5.65. The number of aromatic nitrogens is 5.